The number of thiophene rings is 1. The molecule has 1 fully saturated rings. The van der Waals surface area contributed by atoms with E-state index in [1.807, 2.05) is 43.5 Å². The van der Waals surface area contributed by atoms with Crippen molar-refractivity contribution in [2.75, 3.05) is 13.1 Å². The summed E-state index contributed by atoms with van der Waals surface area (Å²) in [4.78, 5) is 16.4. The van der Waals surface area contributed by atoms with Gasteiger partial charge in [-0.3, -0.25) is 9.48 Å². The first kappa shape index (κ1) is 13.6. The van der Waals surface area contributed by atoms with Crippen molar-refractivity contribution in [3.8, 4) is 0 Å². The fraction of sp³-hybridized carbons (Fsp3) is 0.571. The smallest absolute Gasteiger partial charge is 0.264 e. The maximum Gasteiger partial charge on any atom is 0.264 e. The molecule has 0 spiro atoms. The summed E-state index contributed by atoms with van der Waals surface area (Å²) in [5.74, 6) is 0.104. The second kappa shape index (κ2) is 4.86. The van der Waals surface area contributed by atoms with Gasteiger partial charge in [-0.15, -0.1) is 11.3 Å². The molecule has 3 rings (SSSR count). The van der Waals surface area contributed by atoms with E-state index in [1.54, 1.807) is 0 Å². The third-order valence-electron chi connectivity index (χ3n) is 3.61. The number of fused-ring (bicyclic) bond motifs is 1. The molecule has 2 aromatic rings. The Morgan fingerprint density at radius 2 is 2.05 bits per heavy atom. The summed E-state index contributed by atoms with van der Waals surface area (Å²) in [5.41, 5.74) is 0.974. The topological polar surface area (TPSA) is 47.4 Å². The average molecular weight is 293 g/mol. The Bertz CT molecular complexity index is 616. The van der Waals surface area contributed by atoms with Crippen molar-refractivity contribution in [3.63, 3.8) is 0 Å². The first-order chi connectivity index (χ1) is 9.45. The van der Waals surface area contributed by atoms with Crippen molar-refractivity contribution in [2.45, 2.75) is 33.0 Å². The van der Waals surface area contributed by atoms with Crippen molar-refractivity contribution in [1.29, 1.82) is 0 Å². The van der Waals surface area contributed by atoms with E-state index in [-0.39, 0.29) is 18.1 Å². The predicted octanol–water partition coefficient (Wildman–Crippen LogP) is 2.19. The number of ether oxygens (including phenoxy) is 1. The standard InChI is InChI=1S/C14H19N3O2S/c1-8-6-17(7-9(2)19-8)13(18)12-5-11-10(3)15-16(4)14(11)20-12/h5,8-9H,6-7H2,1-4H3. The summed E-state index contributed by atoms with van der Waals surface area (Å²) in [6.07, 6.45) is 0.195. The van der Waals surface area contributed by atoms with Crippen LogP contribution in [0.15, 0.2) is 6.07 Å². The minimum Gasteiger partial charge on any atom is -0.372 e. The number of aryl methyl sites for hydroxylation is 2. The second-order valence-corrected chi connectivity index (χ2v) is 6.54. The number of amides is 1. The molecular weight excluding hydrogens is 274 g/mol. The first-order valence-corrected chi connectivity index (χ1v) is 7.65. The van der Waals surface area contributed by atoms with Gasteiger partial charge in [0, 0.05) is 25.5 Å². The Hall–Kier alpha value is -1.40. The van der Waals surface area contributed by atoms with Gasteiger partial charge in [0.05, 0.1) is 22.8 Å². The normalized spacial score (nSPS) is 23.5. The molecule has 3 heterocycles. The molecule has 5 nitrogen and oxygen atoms in total. The van der Waals surface area contributed by atoms with Crippen molar-refractivity contribution in [2.24, 2.45) is 7.05 Å². The maximum absolute atomic E-state index is 12.6. The molecule has 6 heteroatoms. The van der Waals surface area contributed by atoms with Crippen LogP contribution in [-0.4, -0.2) is 45.9 Å². The fourth-order valence-corrected chi connectivity index (χ4v) is 3.90. The number of carbonyl (C=O) groups is 1. The van der Waals surface area contributed by atoms with E-state index in [1.165, 1.54) is 11.3 Å². The van der Waals surface area contributed by atoms with Crippen LogP contribution in [0.1, 0.15) is 29.2 Å². The molecule has 0 bridgehead atoms. The third kappa shape index (κ3) is 2.23. The zero-order chi connectivity index (χ0) is 14.4. The van der Waals surface area contributed by atoms with Crippen LogP contribution < -0.4 is 0 Å². The van der Waals surface area contributed by atoms with Gasteiger partial charge >= 0.3 is 0 Å². The van der Waals surface area contributed by atoms with Crippen LogP contribution in [0, 0.1) is 6.92 Å². The van der Waals surface area contributed by atoms with Gasteiger partial charge in [-0.2, -0.15) is 5.10 Å². The predicted molar refractivity (Wildman–Crippen MR) is 79.2 cm³/mol. The summed E-state index contributed by atoms with van der Waals surface area (Å²) in [5, 5.41) is 5.45. The van der Waals surface area contributed by atoms with Crippen molar-refractivity contribution in [1.82, 2.24) is 14.7 Å². The lowest BCUT2D eigenvalue weighted by Gasteiger charge is -2.35. The minimum absolute atomic E-state index is 0.0977. The van der Waals surface area contributed by atoms with E-state index in [0.717, 1.165) is 20.8 Å². The van der Waals surface area contributed by atoms with Crippen molar-refractivity contribution >= 4 is 27.5 Å². The van der Waals surface area contributed by atoms with E-state index in [2.05, 4.69) is 5.10 Å². The molecule has 0 aliphatic carbocycles. The molecule has 0 aromatic carbocycles. The van der Waals surface area contributed by atoms with Gasteiger partial charge in [0.25, 0.3) is 5.91 Å². The van der Waals surface area contributed by atoms with E-state index in [0.29, 0.717) is 13.1 Å². The highest BCUT2D eigenvalue weighted by molar-refractivity contribution is 7.20. The van der Waals surface area contributed by atoms with E-state index in [9.17, 15) is 4.79 Å². The fourth-order valence-electron chi connectivity index (χ4n) is 2.81. The molecule has 0 N–H and O–H groups in total. The number of carbonyl (C=O) groups excluding carboxylic acids is 1. The number of aromatic nitrogens is 2. The highest BCUT2D eigenvalue weighted by atomic mass is 32.1. The Morgan fingerprint density at radius 3 is 2.65 bits per heavy atom. The molecule has 1 aliphatic heterocycles. The summed E-state index contributed by atoms with van der Waals surface area (Å²) in [6, 6.07) is 1.97. The van der Waals surface area contributed by atoms with E-state index in [4.69, 9.17) is 4.74 Å². The average Bonchev–Trinajstić information content (AvgIpc) is 2.90. The monoisotopic (exact) mass is 293 g/mol. The Kier molecular flexibility index (Phi) is 3.30. The van der Waals surface area contributed by atoms with Crippen LogP contribution in [0.5, 0.6) is 0 Å². The van der Waals surface area contributed by atoms with E-state index >= 15 is 0 Å². The molecule has 2 unspecified atom stereocenters. The first-order valence-electron chi connectivity index (χ1n) is 6.83. The Labute approximate surface area is 122 Å². The highest BCUT2D eigenvalue weighted by Crippen LogP contribution is 2.29. The number of hydrogen-bond acceptors (Lipinski definition) is 4. The lowest BCUT2D eigenvalue weighted by atomic mass is 10.2. The molecule has 1 saturated heterocycles. The zero-order valence-electron chi connectivity index (χ0n) is 12.2. The summed E-state index contributed by atoms with van der Waals surface area (Å²) < 4.78 is 7.52. The SMILES string of the molecule is Cc1nn(C)c2sc(C(=O)N3CC(C)OC(C)C3)cc12. The van der Waals surface area contributed by atoms with Crippen molar-refractivity contribution in [3.05, 3.63) is 16.6 Å². The van der Waals surface area contributed by atoms with Crippen LogP contribution in [0.25, 0.3) is 10.2 Å². The largest absolute Gasteiger partial charge is 0.372 e. The number of morpholine rings is 1. The lowest BCUT2D eigenvalue weighted by Crippen LogP contribution is -2.48. The maximum atomic E-state index is 12.6. The van der Waals surface area contributed by atoms with Gasteiger partial charge in [-0.1, -0.05) is 0 Å². The van der Waals surface area contributed by atoms with Gasteiger partial charge in [0.1, 0.15) is 4.83 Å². The Morgan fingerprint density at radius 1 is 1.40 bits per heavy atom. The number of nitrogens with zero attached hydrogens (tertiary/aromatic N) is 3. The van der Waals surface area contributed by atoms with Crippen LogP contribution in [0.3, 0.4) is 0 Å². The van der Waals surface area contributed by atoms with Gasteiger partial charge in [0.2, 0.25) is 0 Å². The number of rotatable bonds is 1. The Balaban J connectivity index is 1.90. The molecule has 0 saturated carbocycles. The summed E-state index contributed by atoms with van der Waals surface area (Å²) >= 11 is 1.52. The minimum atomic E-state index is 0.0977. The quantitative estimate of drug-likeness (QED) is 0.810. The zero-order valence-corrected chi connectivity index (χ0v) is 13.0. The second-order valence-electron chi connectivity index (χ2n) is 5.51. The van der Waals surface area contributed by atoms with Gasteiger partial charge in [-0.05, 0) is 26.8 Å². The molecule has 0 radical (unpaired) electrons. The highest BCUT2D eigenvalue weighted by Gasteiger charge is 2.28. The molecule has 20 heavy (non-hydrogen) atoms. The third-order valence-corrected chi connectivity index (χ3v) is 4.80. The van der Waals surface area contributed by atoms with Crippen molar-refractivity contribution < 1.29 is 9.53 Å². The lowest BCUT2D eigenvalue weighted by molar-refractivity contribution is -0.0585. The van der Waals surface area contributed by atoms with Gasteiger partial charge in [0.15, 0.2) is 0 Å². The summed E-state index contributed by atoms with van der Waals surface area (Å²) in [6.45, 7) is 7.31. The van der Waals surface area contributed by atoms with E-state index < -0.39 is 0 Å². The molecule has 1 aliphatic rings. The summed E-state index contributed by atoms with van der Waals surface area (Å²) in [7, 11) is 1.92. The molecular formula is C14H19N3O2S. The van der Waals surface area contributed by atoms with Gasteiger partial charge in [-0.25, -0.2) is 0 Å². The number of hydrogen-bond donors (Lipinski definition) is 0. The van der Waals surface area contributed by atoms with Crippen LogP contribution >= 0.6 is 11.3 Å². The van der Waals surface area contributed by atoms with Gasteiger partial charge < -0.3 is 9.64 Å². The molecule has 2 aromatic heterocycles. The van der Waals surface area contributed by atoms with Crippen LogP contribution in [0.4, 0.5) is 0 Å². The van der Waals surface area contributed by atoms with Crippen LogP contribution in [-0.2, 0) is 11.8 Å². The molecule has 2 atom stereocenters. The van der Waals surface area contributed by atoms with Crippen LogP contribution in [0.2, 0.25) is 0 Å². The molecule has 108 valence electrons. The molecule has 1 amide bonds.